The average Bonchev–Trinajstić information content (AvgIpc) is 2.68. The van der Waals surface area contributed by atoms with Gasteiger partial charge in [-0.15, -0.1) is 0 Å². The summed E-state index contributed by atoms with van der Waals surface area (Å²) >= 11 is 0. The van der Waals surface area contributed by atoms with Crippen LogP contribution in [0.25, 0.3) is 22.8 Å². The third-order valence-corrected chi connectivity index (χ3v) is 4.33. The van der Waals surface area contributed by atoms with Gasteiger partial charge in [-0.3, -0.25) is 0 Å². The SMILES string of the molecule is CC(C)Cc1nc(-c2cnc(-c3ccccc3)nc2CC(C)C)ncc1C#N. The van der Waals surface area contributed by atoms with E-state index in [4.69, 9.17) is 9.97 Å². The molecular formula is C23H25N5. The molecule has 0 fully saturated rings. The quantitative estimate of drug-likeness (QED) is 0.618. The normalized spacial score (nSPS) is 11.0. The van der Waals surface area contributed by atoms with E-state index in [1.54, 1.807) is 6.20 Å². The second-order valence-corrected chi connectivity index (χ2v) is 7.78. The predicted molar refractivity (Wildman–Crippen MR) is 110 cm³/mol. The van der Waals surface area contributed by atoms with E-state index in [2.05, 4.69) is 43.7 Å². The number of rotatable bonds is 6. The minimum Gasteiger partial charge on any atom is -0.236 e. The van der Waals surface area contributed by atoms with Crippen LogP contribution in [0, 0.1) is 23.2 Å². The molecule has 2 heterocycles. The summed E-state index contributed by atoms with van der Waals surface area (Å²) in [6.07, 6.45) is 4.97. The van der Waals surface area contributed by atoms with Crippen molar-refractivity contribution in [3.63, 3.8) is 0 Å². The van der Waals surface area contributed by atoms with E-state index in [1.807, 2.05) is 36.5 Å². The summed E-state index contributed by atoms with van der Waals surface area (Å²) in [6, 6.07) is 12.2. The van der Waals surface area contributed by atoms with Gasteiger partial charge in [0.1, 0.15) is 6.07 Å². The molecule has 0 aliphatic heterocycles. The highest BCUT2D eigenvalue weighted by Crippen LogP contribution is 2.25. The Kier molecular flexibility index (Phi) is 6.10. The minimum atomic E-state index is 0.404. The molecule has 0 unspecified atom stereocenters. The van der Waals surface area contributed by atoms with Crippen molar-refractivity contribution in [1.29, 1.82) is 5.26 Å². The Hall–Kier alpha value is -3.13. The van der Waals surface area contributed by atoms with Crippen molar-refractivity contribution in [2.45, 2.75) is 40.5 Å². The van der Waals surface area contributed by atoms with Crippen LogP contribution in [0.4, 0.5) is 0 Å². The summed E-state index contributed by atoms with van der Waals surface area (Å²) in [5, 5.41) is 9.37. The first-order valence-electron chi connectivity index (χ1n) is 9.65. The van der Waals surface area contributed by atoms with Gasteiger partial charge in [0.05, 0.1) is 22.5 Å². The predicted octanol–water partition coefficient (Wildman–Crippen LogP) is 4.87. The van der Waals surface area contributed by atoms with Crippen molar-refractivity contribution < 1.29 is 0 Å². The van der Waals surface area contributed by atoms with Gasteiger partial charge in [0.2, 0.25) is 0 Å². The standard InChI is InChI=1S/C23H25N5/c1-15(2)10-20-18(12-24)13-25-23(27-20)19-14-26-22(17-8-6-5-7-9-17)28-21(19)11-16(3)4/h5-9,13-16H,10-11H2,1-4H3. The van der Waals surface area contributed by atoms with Crippen LogP contribution < -0.4 is 0 Å². The fraction of sp³-hybridized carbons (Fsp3) is 0.348. The summed E-state index contributed by atoms with van der Waals surface area (Å²) in [5.74, 6) is 2.13. The molecule has 0 saturated carbocycles. The molecule has 2 aromatic heterocycles. The molecule has 5 heteroatoms. The van der Waals surface area contributed by atoms with Crippen LogP contribution in [0.1, 0.15) is 44.6 Å². The van der Waals surface area contributed by atoms with Crippen LogP contribution in [0.15, 0.2) is 42.7 Å². The highest BCUT2D eigenvalue weighted by Gasteiger charge is 2.16. The molecule has 0 amide bonds. The van der Waals surface area contributed by atoms with Gasteiger partial charge in [-0.25, -0.2) is 19.9 Å². The Morgan fingerprint density at radius 2 is 1.43 bits per heavy atom. The van der Waals surface area contributed by atoms with Gasteiger partial charge < -0.3 is 0 Å². The van der Waals surface area contributed by atoms with Crippen molar-refractivity contribution in [2.75, 3.05) is 0 Å². The summed E-state index contributed by atoms with van der Waals surface area (Å²) in [4.78, 5) is 18.6. The van der Waals surface area contributed by atoms with E-state index in [9.17, 15) is 5.26 Å². The topological polar surface area (TPSA) is 75.3 Å². The molecule has 0 atom stereocenters. The molecule has 0 aliphatic carbocycles. The van der Waals surface area contributed by atoms with Crippen molar-refractivity contribution in [2.24, 2.45) is 11.8 Å². The maximum absolute atomic E-state index is 9.37. The lowest BCUT2D eigenvalue weighted by atomic mass is 10.0. The fourth-order valence-corrected chi connectivity index (χ4v) is 3.06. The third kappa shape index (κ3) is 4.58. The lowest BCUT2D eigenvalue weighted by Crippen LogP contribution is -2.08. The van der Waals surface area contributed by atoms with Gasteiger partial charge in [-0.2, -0.15) is 5.26 Å². The molecule has 3 rings (SSSR count). The van der Waals surface area contributed by atoms with Gasteiger partial charge in [-0.05, 0) is 24.7 Å². The molecule has 0 saturated heterocycles. The number of nitriles is 1. The van der Waals surface area contributed by atoms with Crippen LogP contribution in [-0.4, -0.2) is 19.9 Å². The van der Waals surface area contributed by atoms with Crippen molar-refractivity contribution in [3.05, 3.63) is 59.7 Å². The van der Waals surface area contributed by atoms with E-state index in [1.165, 1.54) is 0 Å². The summed E-state index contributed by atoms with van der Waals surface area (Å²) in [5.41, 5.74) is 4.07. The number of hydrogen-bond acceptors (Lipinski definition) is 5. The fourth-order valence-electron chi connectivity index (χ4n) is 3.06. The third-order valence-electron chi connectivity index (χ3n) is 4.33. The molecule has 142 valence electrons. The maximum atomic E-state index is 9.37. The second kappa shape index (κ2) is 8.71. The van der Waals surface area contributed by atoms with E-state index < -0.39 is 0 Å². The number of nitrogens with zero attached hydrogens (tertiary/aromatic N) is 5. The average molecular weight is 371 g/mol. The first-order chi connectivity index (χ1) is 13.5. The number of aromatic nitrogens is 4. The molecule has 28 heavy (non-hydrogen) atoms. The van der Waals surface area contributed by atoms with Crippen LogP contribution in [0.3, 0.4) is 0 Å². The Balaban J connectivity index is 2.09. The van der Waals surface area contributed by atoms with Gasteiger partial charge >= 0.3 is 0 Å². The Labute approximate surface area is 166 Å². The van der Waals surface area contributed by atoms with E-state index >= 15 is 0 Å². The zero-order valence-corrected chi connectivity index (χ0v) is 16.8. The molecule has 0 bridgehead atoms. The van der Waals surface area contributed by atoms with E-state index in [0.29, 0.717) is 29.0 Å². The second-order valence-electron chi connectivity index (χ2n) is 7.78. The van der Waals surface area contributed by atoms with Gasteiger partial charge in [0.25, 0.3) is 0 Å². The Morgan fingerprint density at radius 1 is 0.821 bits per heavy atom. The minimum absolute atomic E-state index is 0.404. The molecule has 5 nitrogen and oxygen atoms in total. The highest BCUT2D eigenvalue weighted by atomic mass is 14.9. The smallest absolute Gasteiger partial charge is 0.162 e. The highest BCUT2D eigenvalue weighted by molar-refractivity contribution is 5.62. The Bertz CT molecular complexity index is 988. The van der Waals surface area contributed by atoms with Crippen LogP contribution in [-0.2, 0) is 12.8 Å². The van der Waals surface area contributed by atoms with Crippen LogP contribution in [0.5, 0.6) is 0 Å². The lowest BCUT2D eigenvalue weighted by molar-refractivity contribution is 0.630. The molecular weight excluding hydrogens is 346 g/mol. The molecule has 3 aromatic rings. The molecule has 0 radical (unpaired) electrons. The van der Waals surface area contributed by atoms with Gasteiger partial charge in [-0.1, -0.05) is 58.0 Å². The molecule has 0 spiro atoms. The largest absolute Gasteiger partial charge is 0.236 e. The molecule has 0 aliphatic rings. The Morgan fingerprint density at radius 3 is 2.07 bits per heavy atom. The zero-order chi connectivity index (χ0) is 20.1. The first-order valence-corrected chi connectivity index (χ1v) is 9.65. The van der Waals surface area contributed by atoms with Crippen molar-refractivity contribution >= 4 is 0 Å². The van der Waals surface area contributed by atoms with Crippen LogP contribution in [0.2, 0.25) is 0 Å². The molecule has 0 N–H and O–H groups in total. The number of benzene rings is 1. The van der Waals surface area contributed by atoms with E-state index in [0.717, 1.165) is 35.4 Å². The molecule has 1 aromatic carbocycles. The summed E-state index contributed by atoms with van der Waals surface area (Å²) in [7, 11) is 0. The summed E-state index contributed by atoms with van der Waals surface area (Å²) < 4.78 is 0. The zero-order valence-electron chi connectivity index (χ0n) is 16.8. The lowest BCUT2D eigenvalue weighted by Gasteiger charge is -2.13. The van der Waals surface area contributed by atoms with Crippen molar-refractivity contribution in [3.8, 4) is 28.8 Å². The van der Waals surface area contributed by atoms with E-state index in [-0.39, 0.29) is 0 Å². The first kappa shape index (κ1) is 19.6. The maximum Gasteiger partial charge on any atom is 0.162 e. The monoisotopic (exact) mass is 371 g/mol. The van der Waals surface area contributed by atoms with Gasteiger partial charge in [0, 0.05) is 18.0 Å². The van der Waals surface area contributed by atoms with Crippen LogP contribution >= 0.6 is 0 Å². The summed E-state index contributed by atoms with van der Waals surface area (Å²) in [6.45, 7) is 8.56. The van der Waals surface area contributed by atoms with Crippen molar-refractivity contribution in [1.82, 2.24) is 19.9 Å². The van der Waals surface area contributed by atoms with Gasteiger partial charge in [0.15, 0.2) is 11.6 Å². The number of hydrogen-bond donors (Lipinski definition) is 0.